The first-order valence-corrected chi connectivity index (χ1v) is 7.68. The lowest BCUT2D eigenvalue weighted by Gasteiger charge is -2.27. The van der Waals surface area contributed by atoms with E-state index in [4.69, 9.17) is 11.6 Å². The third-order valence-corrected chi connectivity index (χ3v) is 4.19. The minimum Gasteiger partial charge on any atom is -0.293 e. The highest BCUT2D eigenvalue weighted by molar-refractivity contribution is 6.33. The number of H-pyrrole nitrogens is 1. The number of amides is 1. The first-order valence-electron chi connectivity index (χ1n) is 7.31. The van der Waals surface area contributed by atoms with Crippen molar-refractivity contribution in [3.63, 3.8) is 0 Å². The lowest BCUT2D eigenvalue weighted by Crippen LogP contribution is -2.33. The normalized spacial score (nSPS) is 20.2. The molecule has 122 valence electrons. The van der Waals surface area contributed by atoms with Crippen LogP contribution in [-0.2, 0) is 4.79 Å². The third kappa shape index (κ3) is 3.67. The van der Waals surface area contributed by atoms with Crippen molar-refractivity contribution in [3.8, 4) is 11.4 Å². The molecule has 1 fully saturated rings. The average Bonchev–Trinajstić information content (AvgIpc) is 2.95. The summed E-state index contributed by atoms with van der Waals surface area (Å²) < 4.78 is 26.8. The summed E-state index contributed by atoms with van der Waals surface area (Å²) in [7, 11) is 0. The second-order valence-electron chi connectivity index (χ2n) is 5.63. The van der Waals surface area contributed by atoms with Gasteiger partial charge in [0.2, 0.25) is 17.8 Å². The molecular formula is C15H15ClF2N4O. The summed E-state index contributed by atoms with van der Waals surface area (Å²) in [5.41, 5.74) is 0.645. The molecule has 23 heavy (non-hydrogen) atoms. The van der Waals surface area contributed by atoms with Crippen molar-refractivity contribution in [2.24, 2.45) is 5.92 Å². The minimum atomic E-state index is -2.78. The molecule has 1 saturated carbocycles. The number of aromatic nitrogens is 3. The van der Waals surface area contributed by atoms with Gasteiger partial charge in [0.25, 0.3) is 0 Å². The topological polar surface area (TPSA) is 70.7 Å². The molecule has 2 aromatic rings. The summed E-state index contributed by atoms with van der Waals surface area (Å²) in [5.74, 6) is -3.52. The maximum absolute atomic E-state index is 13.4. The molecule has 1 aromatic heterocycles. The zero-order valence-corrected chi connectivity index (χ0v) is 12.9. The van der Waals surface area contributed by atoms with Crippen LogP contribution in [0.4, 0.5) is 14.7 Å². The van der Waals surface area contributed by atoms with Crippen molar-refractivity contribution in [2.45, 2.75) is 31.6 Å². The van der Waals surface area contributed by atoms with Gasteiger partial charge in [-0.3, -0.25) is 15.2 Å². The Kier molecular flexibility index (Phi) is 4.30. The van der Waals surface area contributed by atoms with Crippen molar-refractivity contribution >= 4 is 23.5 Å². The second kappa shape index (κ2) is 6.23. The molecular weight excluding hydrogens is 326 g/mol. The van der Waals surface area contributed by atoms with Gasteiger partial charge in [-0.15, -0.1) is 5.10 Å². The Labute approximate surface area is 136 Å². The highest BCUT2D eigenvalue weighted by Crippen LogP contribution is 2.37. The quantitative estimate of drug-likeness (QED) is 0.890. The number of carbonyl (C=O) groups excluding carboxylic acids is 1. The summed E-state index contributed by atoms with van der Waals surface area (Å²) in [6, 6.07) is 7.05. The van der Waals surface area contributed by atoms with Crippen molar-refractivity contribution in [3.05, 3.63) is 29.3 Å². The Morgan fingerprint density at radius 2 is 2.17 bits per heavy atom. The van der Waals surface area contributed by atoms with Gasteiger partial charge >= 0.3 is 0 Å². The SMILES string of the molecule is O=C(Nc1n[nH]c(-c2ccccc2Cl)n1)C1CCCC(F)(F)C1. The third-order valence-electron chi connectivity index (χ3n) is 3.86. The van der Waals surface area contributed by atoms with Gasteiger partial charge in [-0.25, -0.2) is 8.78 Å². The van der Waals surface area contributed by atoms with Crippen LogP contribution in [0, 0.1) is 5.92 Å². The molecule has 0 saturated heterocycles. The van der Waals surface area contributed by atoms with Gasteiger partial charge in [-0.05, 0) is 25.0 Å². The predicted molar refractivity (Wildman–Crippen MR) is 82.4 cm³/mol. The van der Waals surface area contributed by atoms with Crippen molar-refractivity contribution in [1.29, 1.82) is 0 Å². The van der Waals surface area contributed by atoms with Gasteiger partial charge in [-0.2, -0.15) is 4.98 Å². The Bertz CT molecular complexity index is 719. The van der Waals surface area contributed by atoms with E-state index in [0.29, 0.717) is 29.3 Å². The Hall–Kier alpha value is -2.02. The highest BCUT2D eigenvalue weighted by Gasteiger charge is 2.39. The number of anilines is 1. The molecule has 0 aliphatic heterocycles. The zero-order chi connectivity index (χ0) is 16.4. The Morgan fingerprint density at radius 3 is 2.91 bits per heavy atom. The maximum atomic E-state index is 13.4. The number of benzene rings is 1. The molecule has 2 N–H and O–H groups in total. The summed E-state index contributed by atoms with van der Waals surface area (Å²) in [4.78, 5) is 16.2. The van der Waals surface area contributed by atoms with Gasteiger partial charge < -0.3 is 0 Å². The number of aromatic amines is 1. The van der Waals surface area contributed by atoms with E-state index in [2.05, 4.69) is 20.5 Å². The number of alkyl halides is 2. The number of hydrogen-bond donors (Lipinski definition) is 2. The molecule has 1 heterocycles. The van der Waals surface area contributed by atoms with Gasteiger partial charge in [0.05, 0.1) is 5.02 Å². The number of nitrogens with one attached hydrogen (secondary N) is 2. The Morgan fingerprint density at radius 1 is 1.39 bits per heavy atom. The van der Waals surface area contributed by atoms with E-state index in [1.165, 1.54) is 0 Å². The van der Waals surface area contributed by atoms with Crippen LogP contribution in [0.3, 0.4) is 0 Å². The van der Waals surface area contributed by atoms with Crippen LogP contribution in [0.25, 0.3) is 11.4 Å². The fraction of sp³-hybridized carbons (Fsp3) is 0.400. The molecule has 1 amide bonds. The molecule has 5 nitrogen and oxygen atoms in total. The molecule has 1 aliphatic rings. The van der Waals surface area contributed by atoms with Gasteiger partial charge in [0.1, 0.15) is 0 Å². The summed E-state index contributed by atoms with van der Waals surface area (Å²) >= 11 is 6.07. The predicted octanol–water partition coefficient (Wildman–Crippen LogP) is 3.89. The van der Waals surface area contributed by atoms with Crippen LogP contribution in [0.2, 0.25) is 5.02 Å². The molecule has 0 radical (unpaired) electrons. The molecule has 1 atom stereocenters. The van der Waals surface area contributed by atoms with Crippen LogP contribution < -0.4 is 5.32 Å². The van der Waals surface area contributed by atoms with E-state index in [9.17, 15) is 13.6 Å². The molecule has 0 bridgehead atoms. The van der Waals surface area contributed by atoms with E-state index in [1.807, 2.05) is 0 Å². The number of rotatable bonds is 3. The summed E-state index contributed by atoms with van der Waals surface area (Å²) in [5, 5.41) is 9.55. The Balaban J connectivity index is 1.70. The maximum Gasteiger partial charge on any atom is 0.249 e. The minimum absolute atomic E-state index is 0.0545. The van der Waals surface area contributed by atoms with Gasteiger partial charge in [0, 0.05) is 24.3 Å². The van der Waals surface area contributed by atoms with Crippen LogP contribution in [-0.4, -0.2) is 27.0 Å². The summed E-state index contributed by atoms with van der Waals surface area (Å²) in [6.45, 7) is 0. The van der Waals surface area contributed by atoms with E-state index in [0.717, 1.165) is 0 Å². The molecule has 0 spiro atoms. The monoisotopic (exact) mass is 340 g/mol. The van der Waals surface area contributed by atoms with Crippen LogP contribution in [0.15, 0.2) is 24.3 Å². The van der Waals surface area contributed by atoms with E-state index >= 15 is 0 Å². The lowest BCUT2D eigenvalue weighted by atomic mass is 9.86. The number of halogens is 3. The zero-order valence-electron chi connectivity index (χ0n) is 12.2. The number of hydrogen-bond acceptors (Lipinski definition) is 3. The number of carbonyl (C=O) groups is 1. The fourth-order valence-corrected chi connectivity index (χ4v) is 2.92. The molecule has 1 unspecified atom stereocenters. The van der Waals surface area contributed by atoms with Crippen molar-refractivity contribution in [1.82, 2.24) is 15.2 Å². The molecule has 1 aliphatic carbocycles. The first-order chi connectivity index (χ1) is 10.9. The standard InChI is InChI=1S/C15H15ClF2N4O/c16-11-6-2-1-5-10(11)12-19-14(22-21-12)20-13(23)9-4-3-7-15(17,18)8-9/h1-2,5-6,9H,3-4,7-8H2,(H2,19,20,21,22,23). The van der Waals surface area contributed by atoms with Crippen molar-refractivity contribution < 1.29 is 13.6 Å². The first kappa shape index (κ1) is 15.9. The summed E-state index contributed by atoms with van der Waals surface area (Å²) in [6.07, 6.45) is 0.196. The number of nitrogens with zero attached hydrogens (tertiary/aromatic N) is 2. The van der Waals surface area contributed by atoms with Crippen LogP contribution in [0.1, 0.15) is 25.7 Å². The second-order valence-corrected chi connectivity index (χ2v) is 6.03. The molecule has 8 heteroatoms. The largest absolute Gasteiger partial charge is 0.293 e. The van der Waals surface area contributed by atoms with E-state index in [-0.39, 0.29) is 12.4 Å². The molecule has 3 rings (SSSR count). The average molecular weight is 341 g/mol. The van der Waals surface area contributed by atoms with Gasteiger partial charge in [-0.1, -0.05) is 23.7 Å². The van der Waals surface area contributed by atoms with Crippen LogP contribution >= 0.6 is 11.6 Å². The van der Waals surface area contributed by atoms with Crippen LogP contribution in [0.5, 0.6) is 0 Å². The highest BCUT2D eigenvalue weighted by atomic mass is 35.5. The van der Waals surface area contributed by atoms with E-state index in [1.54, 1.807) is 24.3 Å². The lowest BCUT2D eigenvalue weighted by molar-refractivity contribution is -0.127. The van der Waals surface area contributed by atoms with Gasteiger partial charge in [0.15, 0.2) is 5.82 Å². The molecule has 1 aromatic carbocycles. The smallest absolute Gasteiger partial charge is 0.249 e. The van der Waals surface area contributed by atoms with Crippen molar-refractivity contribution in [2.75, 3.05) is 5.32 Å². The van der Waals surface area contributed by atoms with E-state index < -0.39 is 24.2 Å². The fourth-order valence-electron chi connectivity index (χ4n) is 2.70.